The van der Waals surface area contributed by atoms with Crippen LogP contribution in [0.3, 0.4) is 0 Å². The molecule has 0 aromatic heterocycles. The zero-order valence-corrected chi connectivity index (χ0v) is 11.6. The summed E-state index contributed by atoms with van der Waals surface area (Å²) in [6.45, 7) is 4.44. The summed E-state index contributed by atoms with van der Waals surface area (Å²) in [5, 5.41) is 0. The second kappa shape index (κ2) is 8.49. The first-order chi connectivity index (χ1) is 8.29. The maximum absolute atomic E-state index is 12.1. The molecule has 1 unspecified atom stereocenters. The minimum absolute atomic E-state index is 0.360. The van der Waals surface area contributed by atoms with Crippen LogP contribution in [0, 0.1) is 5.92 Å². The van der Waals surface area contributed by atoms with Gasteiger partial charge in [-0.2, -0.15) is 0 Å². The quantitative estimate of drug-likeness (QED) is 0.425. The average molecular weight is 236 g/mol. The van der Waals surface area contributed by atoms with Gasteiger partial charge in [0.05, 0.1) is 0 Å². The number of rotatable bonds is 8. The SMILES string of the molecule is CCCCCC=C1CCC(CCCCC)C1=O. The maximum atomic E-state index is 12.1. The van der Waals surface area contributed by atoms with Crippen molar-refractivity contribution in [3.63, 3.8) is 0 Å². The number of hydrogen-bond donors (Lipinski definition) is 0. The first-order valence-corrected chi connectivity index (χ1v) is 7.52. The van der Waals surface area contributed by atoms with Crippen molar-refractivity contribution in [2.24, 2.45) is 5.92 Å². The Morgan fingerprint density at radius 2 is 1.82 bits per heavy atom. The molecule has 0 spiro atoms. The molecule has 0 N–H and O–H groups in total. The van der Waals surface area contributed by atoms with Gasteiger partial charge < -0.3 is 0 Å². The second-order valence-corrected chi connectivity index (χ2v) is 5.32. The largest absolute Gasteiger partial charge is 0.294 e. The molecule has 0 heterocycles. The standard InChI is InChI=1S/C16H28O/c1-3-5-7-9-11-15-13-12-14(16(15)17)10-8-6-4-2/h11,14H,3-10,12-13H2,1-2H3. The summed E-state index contributed by atoms with van der Waals surface area (Å²) in [7, 11) is 0. The van der Waals surface area contributed by atoms with E-state index in [4.69, 9.17) is 0 Å². The minimum Gasteiger partial charge on any atom is -0.294 e. The lowest BCUT2D eigenvalue weighted by Crippen LogP contribution is -2.07. The molecule has 0 aromatic carbocycles. The molecule has 0 bridgehead atoms. The molecule has 17 heavy (non-hydrogen) atoms. The molecule has 0 aliphatic heterocycles. The summed E-state index contributed by atoms with van der Waals surface area (Å²) in [5.41, 5.74) is 1.14. The number of carbonyl (C=O) groups is 1. The molecule has 1 saturated carbocycles. The molecule has 98 valence electrons. The van der Waals surface area contributed by atoms with E-state index in [0.717, 1.165) is 31.3 Å². The van der Waals surface area contributed by atoms with Crippen molar-refractivity contribution >= 4 is 5.78 Å². The Morgan fingerprint density at radius 3 is 2.53 bits per heavy atom. The van der Waals surface area contributed by atoms with Crippen LogP contribution in [0.4, 0.5) is 0 Å². The third kappa shape index (κ3) is 5.06. The smallest absolute Gasteiger partial charge is 0.161 e. The molecule has 1 nitrogen and oxygen atoms in total. The Balaban J connectivity index is 2.28. The molecule has 0 amide bonds. The summed E-state index contributed by atoms with van der Waals surface area (Å²) < 4.78 is 0. The summed E-state index contributed by atoms with van der Waals surface area (Å²) in [6, 6.07) is 0. The Hall–Kier alpha value is -0.590. The topological polar surface area (TPSA) is 17.1 Å². The molecule has 0 radical (unpaired) electrons. The van der Waals surface area contributed by atoms with Crippen molar-refractivity contribution in [1.82, 2.24) is 0 Å². The van der Waals surface area contributed by atoms with E-state index < -0.39 is 0 Å². The van der Waals surface area contributed by atoms with Crippen LogP contribution in [-0.2, 0) is 4.79 Å². The molecule has 1 rings (SSSR count). The number of Topliss-reactive ketones (excluding diaryl/α,β-unsaturated/α-hetero) is 1. The van der Waals surface area contributed by atoms with E-state index in [9.17, 15) is 4.79 Å². The predicted molar refractivity (Wildman–Crippen MR) is 74.1 cm³/mol. The zero-order valence-electron chi connectivity index (χ0n) is 11.6. The molecule has 1 aliphatic carbocycles. The highest BCUT2D eigenvalue weighted by atomic mass is 16.1. The van der Waals surface area contributed by atoms with E-state index in [-0.39, 0.29) is 0 Å². The van der Waals surface area contributed by atoms with Gasteiger partial charge in [0.2, 0.25) is 0 Å². The van der Waals surface area contributed by atoms with Gasteiger partial charge in [0, 0.05) is 5.92 Å². The molecule has 0 aromatic rings. The van der Waals surface area contributed by atoms with E-state index in [1.165, 1.54) is 38.5 Å². The lowest BCUT2D eigenvalue weighted by Gasteiger charge is -2.06. The Bertz CT molecular complexity index is 252. The first kappa shape index (κ1) is 14.5. The van der Waals surface area contributed by atoms with Crippen LogP contribution >= 0.6 is 0 Å². The van der Waals surface area contributed by atoms with Crippen LogP contribution in [0.5, 0.6) is 0 Å². The van der Waals surface area contributed by atoms with Crippen LogP contribution in [0.25, 0.3) is 0 Å². The fraction of sp³-hybridized carbons (Fsp3) is 0.812. The molecule has 1 fully saturated rings. The number of allylic oxidation sites excluding steroid dienone is 2. The van der Waals surface area contributed by atoms with Crippen molar-refractivity contribution in [2.45, 2.75) is 78.1 Å². The van der Waals surface area contributed by atoms with Crippen molar-refractivity contribution in [3.05, 3.63) is 11.6 Å². The van der Waals surface area contributed by atoms with Crippen LogP contribution in [0.2, 0.25) is 0 Å². The predicted octanol–water partition coefficient (Wildman–Crippen LogP) is 5.05. The van der Waals surface area contributed by atoms with E-state index in [1.807, 2.05) is 0 Å². The van der Waals surface area contributed by atoms with Crippen molar-refractivity contribution in [2.75, 3.05) is 0 Å². The number of unbranched alkanes of at least 4 members (excludes halogenated alkanes) is 5. The van der Waals surface area contributed by atoms with Gasteiger partial charge in [-0.05, 0) is 37.7 Å². The third-order valence-corrected chi connectivity index (χ3v) is 3.80. The molecular weight excluding hydrogens is 208 g/mol. The van der Waals surface area contributed by atoms with Gasteiger partial charge in [0.15, 0.2) is 5.78 Å². The molecule has 1 aliphatic rings. The zero-order chi connectivity index (χ0) is 12.5. The van der Waals surface area contributed by atoms with Crippen LogP contribution in [0.15, 0.2) is 11.6 Å². The van der Waals surface area contributed by atoms with Crippen LogP contribution < -0.4 is 0 Å². The summed E-state index contributed by atoms with van der Waals surface area (Å²) in [6.07, 6.45) is 14.2. The Morgan fingerprint density at radius 1 is 1.12 bits per heavy atom. The van der Waals surface area contributed by atoms with E-state index in [0.29, 0.717) is 11.7 Å². The molecule has 0 saturated heterocycles. The lowest BCUT2D eigenvalue weighted by atomic mass is 9.98. The van der Waals surface area contributed by atoms with Gasteiger partial charge in [-0.25, -0.2) is 0 Å². The highest BCUT2D eigenvalue weighted by molar-refractivity contribution is 5.99. The first-order valence-electron chi connectivity index (χ1n) is 7.52. The van der Waals surface area contributed by atoms with Crippen molar-refractivity contribution in [1.29, 1.82) is 0 Å². The minimum atomic E-state index is 0.360. The number of carbonyl (C=O) groups excluding carboxylic acids is 1. The van der Waals surface area contributed by atoms with Gasteiger partial charge in [-0.15, -0.1) is 0 Å². The van der Waals surface area contributed by atoms with Gasteiger partial charge in [0.1, 0.15) is 0 Å². The third-order valence-electron chi connectivity index (χ3n) is 3.80. The maximum Gasteiger partial charge on any atom is 0.161 e. The fourth-order valence-electron chi connectivity index (χ4n) is 2.64. The Labute approximate surface area is 107 Å². The molecule has 1 atom stereocenters. The van der Waals surface area contributed by atoms with Gasteiger partial charge in [-0.1, -0.05) is 52.0 Å². The summed E-state index contributed by atoms with van der Waals surface area (Å²) >= 11 is 0. The normalized spacial score (nSPS) is 22.6. The fourth-order valence-corrected chi connectivity index (χ4v) is 2.64. The summed E-state index contributed by atoms with van der Waals surface area (Å²) in [4.78, 5) is 12.1. The van der Waals surface area contributed by atoms with Gasteiger partial charge in [0.25, 0.3) is 0 Å². The highest BCUT2D eigenvalue weighted by Crippen LogP contribution is 2.31. The highest BCUT2D eigenvalue weighted by Gasteiger charge is 2.27. The van der Waals surface area contributed by atoms with E-state index in [2.05, 4.69) is 19.9 Å². The molecular formula is C16H28O. The van der Waals surface area contributed by atoms with Crippen LogP contribution in [-0.4, -0.2) is 5.78 Å². The van der Waals surface area contributed by atoms with E-state index >= 15 is 0 Å². The monoisotopic (exact) mass is 236 g/mol. The number of ketones is 1. The van der Waals surface area contributed by atoms with Crippen molar-refractivity contribution in [3.8, 4) is 0 Å². The van der Waals surface area contributed by atoms with Gasteiger partial charge >= 0.3 is 0 Å². The summed E-state index contributed by atoms with van der Waals surface area (Å²) in [5.74, 6) is 0.830. The van der Waals surface area contributed by atoms with Gasteiger partial charge in [-0.3, -0.25) is 4.79 Å². The van der Waals surface area contributed by atoms with Crippen molar-refractivity contribution < 1.29 is 4.79 Å². The van der Waals surface area contributed by atoms with E-state index in [1.54, 1.807) is 0 Å². The Kier molecular flexibility index (Phi) is 7.23. The number of hydrogen-bond acceptors (Lipinski definition) is 1. The second-order valence-electron chi connectivity index (χ2n) is 5.32. The molecule has 1 heteroatoms. The average Bonchev–Trinajstić information content (AvgIpc) is 2.67. The lowest BCUT2D eigenvalue weighted by molar-refractivity contribution is -0.118. The van der Waals surface area contributed by atoms with Crippen LogP contribution in [0.1, 0.15) is 78.1 Å².